The number of anilines is 1. The van der Waals surface area contributed by atoms with Gasteiger partial charge in [-0.15, -0.1) is 0 Å². The molecular formula is C14H21BrN2O. The lowest BCUT2D eigenvalue weighted by atomic mass is 9.95. The van der Waals surface area contributed by atoms with E-state index in [0.29, 0.717) is 17.2 Å². The van der Waals surface area contributed by atoms with Crippen LogP contribution in [0.5, 0.6) is 0 Å². The summed E-state index contributed by atoms with van der Waals surface area (Å²) in [5, 5.41) is 3.04. The first kappa shape index (κ1) is 15.0. The van der Waals surface area contributed by atoms with E-state index in [-0.39, 0.29) is 11.9 Å². The first-order chi connectivity index (χ1) is 8.49. The molecule has 100 valence electrons. The molecule has 0 spiro atoms. The highest BCUT2D eigenvalue weighted by atomic mass is 79.9. The number of amides is 1. The topological polar surface area (TPSA) is 55.1 Å². The standard InChI is InChI=1S/C14H21BrN2O/c1-4-10(5-2)9(3)17-14(18)11-6-7-13(16)12(15)8-11/h6-10H,4-5,16H2,1-3H3,(H,17,18). The summed E-state index contributed by atoms with van der Waals surface area (Å²) in [6.45, 7) is 6.36. The number of carbonyl (C=O) groups excluding carboxylic acids is 1. The van der Waals surface area contributed by atoms with E-state index in [1.165, 1.54) is 0 Å². The van der Waals surface area contributed by atoms with Gasteiger partial charge in [0.05, 0.1) is 0 Å². The SMILES string of the molecule is CCC(CC)C(C)NC(=O)c1ccc(N)c(Br)c1. The molecule has 1 amide bonds. The van der Waals surface area contributed by atoms with E-state index in [1.807, 2.05) is 0 Å². The first-order valence-corrected chi connectivity index (χ1v) is 7.14. The van der Waals surface area contributed by atoms with Crippen LogP contribution in [0.15, 0.2) is 22.7 Å². The smallest absolute Gasteiger partial charge is 0.251 e. The van der Waals surface area contributed by atoms with Gasteiger partial charge in [-0.25, -0.2) is 0 Å². The van der Waals surface area contributed by atoms with E-state index in [2.05, 4.69) is 42.0 Å². The van der Waals surface area contributed by atoms with Gasteiger partial charge in [0, 0.05) is 21.8 Å². The lowest BCUT2D eigenvalue weighted by Crippen LogP contribution is -2.37. The number of halogens is 1. The Morgan fingerprint density at radius 2 is 2.00 bits per heavy atom. The molecule has 1 atom stereocenters. The molecule has 0 fully saturated rings. The molecule has 1 aromatic rings. The molecule has 1 rings (SSSR count). The fourth-order valence-electron chi connectivity index (χ4n) is 2.07. The van der Waals surface area contributed by atoms with Gasteiger partial charge in [-0.3, -0.25) is 4.79 Å². The van der Waals surface area contributed by atoms with Gasteiger partial charge in [0.2, 0.25) is 0 Å². The summed E-state index contributed by atoms with van der Waals surface area (Å²) in [5.74, 6) is 0.473. The van der Waals surface area contributed by atoms with Crippen molar-refractivity contribution < 1.29 is 4.79 Å². The molecule has 0 bridgehead atoms. The minimum Gasteiger partial charge on any atom is -0.398 e. The fraction of sp³-hybridized carbons (Fsp3) is 0.500. The van der Waals surface area contributed by atoms with Crippen LogP contribution in [0.1, 0.15) is 44.0 Å². The van der Waals surface area contributed by atoms with Gasteiger partial charge in [-0.05, 0) is 47.0 Å². The van der Waals surface area contributed by atoms with Crippen LogP contribution in [0.25, 0.3) is 0 Å². The predicted molar refractivity (Wildman–Crippen MR) is 79.6 cm³/mol. The van der Waals surface area contributed by atoms with Gasteiger partial charge in [-0.1, -0.05) is 26.7 Å². The van der Waals surface area contributed by atoms with E-state index in [9.17, 15) is 4.79 Å². The molecule has 0 aromatic heterocycles. The molecule has 0 saturated carbocycles. The Balaban J connectivity index is 2.73. The second-order valence-corrected chi connectivity index (χ2v) is 5.43. The second-order valence-electron chi connectivity index (χ2n) is 4.58. The number of carbonyl (C=O) groups is 1. The molecule has 1 aromatic carbocycles. The number of hydrogen-bond donors (Lipinski definition) is 2. The molecule has 3 nitrogen and oxygen atoms in total. The van der Waals surface area contributed by atoms with Crippen LogP contribution in [0.2, 0.25) is 0 Å². The Labute approximate surface area is 117 Å². The van der Waals surface area contributed by atoms with Crippen molar-refractivity contribution in [3.05, 3.63) is 28.2 Å². The summed E-state index contributed by atoms with van der Waals surface area (Å²) in [4.78, 5) is 12.1. The molecule has 3 N–H and O–H groups in total. The number of nitrogens with two attached hydrogens (primary N) is 1. The van der Waals surface area contributed by atoms with Crippen LogP contribution in [0.3, 0.4) is 0 Å². The van der Waals surface area contributed by atoms with Gasteiger partial charge in [-0.2, -0.15) is 0 Å². The van der Waals surface area contributed by atoms with Crippen LogP contribution >= 0.6 is 15.9 Å². The van der Waals surface area contributed by atoms with Crippen molar-refractivity contribution in [2.75, 3.05) is 5.73 Å². The van der Waals surface area contributed by atoms with Crippen molar-refractivity contribution in [2.45, 2.75) is 39.7 Å². The Kier molecular flexibility index (Phi) is 5.66. The third kappa shape index (κ3) is 3.73. The van der Waals surface area contributed by atoms with Crippen LogP contribution in [-0.4, -0.2) is 11.9 Å². The van der Waals surface area contributed by atoms with Crippen molar-refractivity contribution in [3.63, 3.8) is 0 Å². The number of nitrogen functional groups attached to an aromatic ring is 1. The Morgan fingerprint density at radius 3 is 2.50 bits per heavy atom. The van der Waals surface area contributed by atoms with E-state index in [0.717, 1.165) is 17.3 Å². The second kappa shape index (κ2) is 6.78. The van der Waals surface area contributed by atoms with Crippen LogP contribution in [0, 0.1) is 5.92 Å². The van der Waals surface area contributed by atoms with E-state index < -0.39 is 0 Å². The van der Waals surface area contributed by atoms with Crippen molar-refractivity contribution in [2.24, 2.45) is 5.92 Å². The highest BCUT2D eigenvalue weighted by Crippen LogP contribution is 2.21. The van der Waals surface area contributed by atoms with Crippen molar-refractivity contribution >= 4 is 27.5 Å². The molecule has 0 aliphatic heterocycles. The van der Waals surface area contributed by atoms with Crippen LogP contribution < -0.4 is 11.1 Å². The maximum Gasteiger partial charge on any atom is 0.251 e. The van der Waals surface area contributed by atoms with Gasteiger partial charge in [0.15, 0.2) is 0 Å². The zero-order valence-corrected chi connectivity index (χ0v) is 12.8. The first-order valence-electron chi connectivity index (χ1n) is 6.35. The normalized spacial score (nSPS) is 12.5. The van der Waals surface area contributed by atoms with Gasteiger partial charge in [0.1, 0.15) is 0 Å². The molecule has 0 aliphatic rings. The fourth-order valence-corrected chi connectivity index (χ4v) is 2.45. The largest absolute Gasteiger partial charge is 0.398 e. The van der Waals surface area contributed by atoms with Crippen LogP contribution in [0.4, 0.5) is 5.69 Å². The maximum absolute atomic E-state index is 12.1. The zero-order valence-electron chi connectivity index (χ0n) is 11.2. The molecule has 0 saturated heterocycles. The monoisotopic (exact) mass is 312 g/mol. The van der Waals surface area contributed by atoms with E-state index in [1.54, 1.807) is 18.2 Å². The Hall–Kier alpha value is -1.03. The molecule has 0 heterocycles. The zero-order chi connectivity index (χ0) is 13.7. The highest BCUT2D eigenvalue weighted by Gasteiger charge is 2.17. The maximum atomic E-state index is 12.1. The summed E-state index contributed by atoms with van der Waals surface area (Å²) >= 11 is 3.33. The lowest BCUT2D eigenvalue weighted by Gasteiger charge is -2.22. The lowest BCUT2D eigenvalue weighted by molar-refractivity contribution is 0.0925. The van der Waals surface area contributed by atoms with Crippen molar-refractivity contribution in [3.8, 4) is 0 Å². The number of benzene rings is 1. The summed E-state index contributed by atoms with van der Waals surface area (Å²) in [6, 6.07) is 5.42. The van der Waals surface area contributed by atoms with E-state index >= 15 is 0 Å². The molecule has 4 heteroatoms. The third-order valence-electron chi connectivity index (χ3n) is 3.38. The molecule has 1 unspecified atom stereocenters. The summed E-state index contributed by atoms with van der Waals surface area (Å²) in [5.41, 5.74) is 6.97. The highest BCUT2D eigenvalue weighted by molar-refractivity contribution is 9.10. The summed E-state index contributed by atoms with van der Waals surface area (Å²) in [7, 11) is 0. The summed E-state index contributed by atoms with van der Waals surface area (Å²) < 4.78 is 0.755. The van der Waals surface area contributed by atoms with Gasteiger partial charge in [0.25, 0.3) is 5.91 Å². The van der Waals surface area contributed by atoms with E-state index in [4.69, 9.17) is 5.73 Å². The average Bonchev–Trinajstić information content (AvgIpc) is 2.34. The molecule has 0 aliphatic carbocycles. The Bertz CT molecular complexity index is 416. The summed E-state index contributed by atoms with van der Waals surface area (Å²) in [6.07, 6.45) is 2.15. The number of hydrogen-bond acceptors (Lipinski definition) is 2. The van der Waals surface area contributed by atoms with Crippen LogP contribution in [-0.2, 0) is 0 Å². The van der Waals surface area contributed by atoms with Crippen molar-refractivity contribution in [1.82, 2.24) is 5.32 Å². The third-order valence-corrected chi connectivity index (χ3v) is 4.06. The minimum atomic E-state index is -0.0462. The predicted octanol–water partition coefficient (Wildman–Crippen LogP) is 3.59. The minimum absolute atomic E-state index is 0.0462. The molecular weight excluding hydrogens is 292 g/mol. The van der Waals surface area contributed by atoms with Gasteiger partial charge < -0.3 is 11.1 Å². The number of rotatable bonds is 5. The molecule has 0 radical (unpaired) electrons. The quantitative estimate of drug-likeness (QED) is 0.816. The number of nitrogens with one attached hydrogen (secondary N) is 1. The average molecular weight is 313 g/mol. The van der Waals surface area contributed by atoms with Crippen molar-refractivity contribution in [1.29, 1.82) is 0 Å². The Morgan fingerprint density at radius 1 is 1.39 bits per heavy atom. The van der Waals surface area contributed by atoms with Gasteiger partial charge >= 0.3 is 0 Å². The molecule has 18 heavy (non-hydrogen) atoms.